The molecule has 3 heteroatoms. The molecule has 1 heterocycles. The first kappa shape index (κ1) is 10.4. The van der Waals surface area contributed by atoms with E-state index < -0.39 is 0 Å². The Kier molecular flexibility index (Phi) is 3.42. The lowest BCUT2D eigenvalue weighted by Gasteiger charge is -2.19. The first-order valence-corrected chi connectivity index (χ1v) is 5.85. The highest BCUT2D eigenvalue weighted by Crippen LogP contribution is 2.20. The number of rotatable bonds is 3. The van der Waals surface area contributed by atoms with E-state index in [9.17, 15) is 5.11 Å². The molecule has 1 saturated heterocycles. The average molecular weight is 198 g/mol. The third-order valence-corrected chi connectivity index (χ3v) is 3.64. The Morgan fingerprint density at radius 2 is 2.21 bits per heavy atom. The molecule has 1 aliphatic heterocycles. The molecular formula is C11H22N2O. The Hall–Kier alpha value is -0.120. The molecule has 1 saturated carbocycles. The Labute approximate surface area is 86.5 Å². The molecule has 0 amide bonds. The highest BCUT2D eigenvalue weighted by Gasteiger charge is 2.26. The van der Waals surface area contributed by atoms with Gasteiger partial charge in [-0.3, -0.25) is 0 Å². The van der Waals surface area contributed by atoms with Crippen LogP contribution in [0.1, 0.15) is 25.7 Å². The van der Waals surface area contributed by atoms with Crippen LogP contribution >= 0.6 is 0 Å². The minimum Gasteiger partial charge on any atom is -0.392 e. The Morgan fingerprint density at radius 1 is 1.36 bits per heavy atom. The van der Waals surface area contributed by atoms with Crippen LogP contribution in [0, 0.1) is 5.92 Å². The maximum atomic E-state index is 9.64. The van der Waals surface area contributed by atoms with E-state index in [0.717, 1.165) is 25.3 Å². The molecule has 0 aromatic heterocycles. The van der Waals surface area contributed by atoms with Crippen LogP contribution in [-0.4, -0.2) is 48.8 Å². The molecule has 0 bridgehead atoms. The zero-order valence-electron chi connectivity index (χ0n) is 9.08. The number of likely N-dealkylation sites (tertiary alicyclic amines) is 1. The molecule has 0 aromatic carbocycles. The van der Waals surface area contributed by atoms with Crippen LogP contribution in [0.3, 0.4) is 0 Å². The fourth-order valence-electron chi connectivity index (χ4n) is 2.69. The van der Waals surface area contributed by atoms with Crippen LogP contribution in [0.4, 0.5) is 0 Å². The van der Waals surface area contributed by atoms with Gasteiger partial charge in [0, 0.05) is 12.6 Å². The van der Waals surface area contributed by atoms with Crippen molar-refractivity contribution in [3.05, 3.63) is 0 Å². The van der Waals surface area contributed by atoms with Crippen LogP contribution < -0.4 is 5.32 Å². The Bertz CT molecular complexity index is 186. The first-order chi connectivity index (χ1) is 6.75. The smallest absolute Gasteiger partial charge is 0.0693 e. The molecular weight excluding hydrogens is 176 g/mol. The molecule has 82 valence electrons. The molecule has 14 heavy (non-hydrogen) atoms. The lowest BCUT2D eigenvalue weighted by Crippen LogP contribution is -2.39. The number of hydrogen-bond donors (Lipinski definition) is 2. The topological polar surface area (TPSA) is 35.5 Å². The van der Waals surface area contributed by atoms with Crippen molar-refractivity contribution in [2.45, 2.75) is 37.8 Å². The van der Waals surface area contributed by atoms with Gasteiger partial charge in [0.2, 0.25) is 0 Å². The summed E-state index contributed by atoms with van der Waals surface area (Å²) in [7, 11) is 2.18. The molecule has 1 aliphatic carbocycles. The summed E-state index contributed by atoms with van der Waals surface area (Å²) in [5.41, 5.74) is 0. The molecule has 1 unspecified atom stereocenters. The number of hydrogen-bond acceptors (Lipinski definition) is 3. The van der Waals surface area contributed by atoms with Gasteiger partial charge in [-0.2, -0.15) is 0 Å². The Balaban J connectivity index is 1.67. The quantitative estimate of drug-likeness (QED) is 0.691. The molecule has 3 nitrogen and oxygen atoms in total. The summed E-state index contributed by atoms with van der Waals surface area (Å²) in [5, 5.41) is 13.2. The van der Waals surface area contributed by atoms with Gasteiger partial charge in [-0.15, -0.1) is 0 Å². The number of aliphatic hydroxyl groups excluding tert-OH is 1. The largest absolute Gasteiger partial charge is 0.392 e. The van der Waals surface area contributed by atoms with Crippen molar-refractivity contribution in [1.82, 2.24) is 10.2 Å². The minimum atomic E-state index is -0.0888. The standard InChI is InChI=1S/C11H22N2O/c1-13-6-5-9(8-13)7-12-10-3-2-4-11(10)14/h9-12,14H,2-8H2,1H3/t9?,10-,11-/m1/s1. The maximum absolute atomic E-state index is 9.64. The molecule has 0 aromatic rings. The van der Waals surface area contributed by atoms with E-state index in [1.165, 1.54) is 25.9 Å². The van der Waals surface area contributed by atoms with Gasteiger partial charge in [-0.25, -0.2) is 0 Å². The molecule has 2 aliphatic rings. The molecule has 0 radical (unpaired) electrons. The summed E-state index contributed by atoms with van der Waals surface area (Å²) in [4.78, 5) is 2.39. The van der Waals surface area contributed by atoms with Crippen LogP contribution in [-0.2, 0) is 0 Å². The molecule has 2 rings (SSSR count). The van der Waals surface area contributed by atoms with E-state index in [1.54, 1.807) is 0 Å². The van der Waals surface area contributed by atoms with Gasteiger partial charge in [-0.05, 0) is 51.7 Å². The maximum Gasteiger partial charge on any atom is 0.0693 e. The van der Waals surface area contributed by atoms with Crippen LogP contribution in [0.15, 0.2) is 0 Å². The average Bonchev–Trinajstić information content (AvgIpc) is 2.72. The second-order valence-electron chi connectivity index (χ2n) is 4.93. The SMILES string of the molecule is CN1CCC(CN[C@@H]2CCC[C@H]2O)C1. The monoisotopic (exact) mass is 198 g/mol. The fraction of sp³-hybridized carbons (Fsp3) is 1.00. The normalized spacial score (nSPS) is 39.4. The Morgan fingerprint density at radius 3 is 2.79 bits per heavy atom. The number of nitrogens with one attached hydrogen (secondary N) is 1. The summed E-state index contributed by atoms with van der Waals surface area (Å²) in [6.07, 6.45) is 4.55. The second kappa shape index (κ2) is 4.60. The molecule has 0 spiro atoms. The lowest BCUT2D eigenvalue weighted by atomic mass is 10.1. The number of aliphatic hydroxyl groups is 1. The van der Waals surface area contributed by atoms with Crippen molar-refractivity contribution in [3.8, 4) is 0 Å². The summed E-state index contributed by atoms with van der Waals surface area (Å²) < 4.78 is 0. The summed E-state index contributed by atoms with van der Waals surface area (Å²) >= 11 is 0. The second-order valence-corrected chi connectivity index (χ2v) is 4.93. The van der Waals surface area contributed by atoms with Crippen molar-refractivity contribution in [2.75, 3.05) is 26.7 Å². The summed E-state index contributed by atoms with van der Waals surface area (Å²) in [6.45, 7) is 3.54. The lowest BCUT2D eigenvalue weighted by molar-refractivity contribution is 0.147. The first-order valence-electron chi connectivity index (χ1n) is 5.85. The number of nitrogens with zero attached hydrogens (tertiary/aromatic N) is 1. The summed E-state index contributed by atoms with van der Waals surface area (Å²) in [5.74, 6) is 0.799. The van der Waals surface area contributed by atoms with Crippen molar-refractivity contribution >= 4 is 0 Å². The molecule has 2 N–H and O–H groups in total. The van der Waals surface area contributed by atoms with Gasteiger partial charge in [0.25, 0.3) is 0 Å². The van der Waals surface area contributed by atoms with Crippen molar-refractivity contribution < 1.29 is 5.11 Å². The highest BCUT2D eigenvalue weighted by molar-refractivity contribution is 4.84. The fourth-order valence-corrected chi connectivity index (χ4v) is 2.69. The molecule has 3 atom stereocenters. The van der Waals surface area contributed by atoms with Crippen molar-refractivity contribution in [3.63, 3.8) is 0 Å². The predicted octanol–water partition coefficient (Wildman–Crippen LogP) is 0.441. The highest BCUT2D eigenvalue weighted by atomic mass is 16.3. The zero-order chi connectivity index (χ0) is 9.97. The van der Waals surface area contributed by atoms with E-state index in [1.807, 2.05) is 0 Å². The van der Waals surface area contributed by atoms with E-state index >= 15 is 0 Å². The van der Waals surface area contributed by atoms with Gasteiger partial charge in [0.1, 0.15) is 0 Å². The van der Waals surface area contributed by atoms with Gasteiger partial charge in [-0.1, -0.05) is 0 Å². The third-order valence-electron chi connectivity index (χ3n) is 3.64. The van der Waals surface area contributed by atoms with E-state index in [2.05, 4.69) is 17.3 Å². The zero-order valence-corrected chi connectivity index (χ0v) is 9.08. The van der Waals surface area contributed by atoms with Gasteiger partial charge in [0.15, 0.2) is 0 Å². The van der Waals surface area contributed by atoms with Crippen molar-refractivity contribution in [2.24, 2.45) is 5.92 Å². The van der Waals surface area contributed by atoms with E-state index in [-0.39, 0.29) is 6.10 Å². The summed E-state index contributed by atoms with van der Waals surface area (Å²) in [6, 6.07) is 0.376. The third kappa shape index (κ3) is 2.47. The van der Waals surface area contributed by atoms with Gasteiger partial charge >= 0.3 is 0 Å². The van der Waals surface area contributed by atoms with Crippen LogP contribution in [0.2, 0.25) is 0 Å². The van der Waals surface area contributed by atoms with Crippen LogP contribution in [0.25, 0.3) is 0 Å². The predicted molar refractivity (Wildman–Crippen MR) is 57.3 cm³/mol. The van der Waals surface area contributed by atoms with E-state index in [0.29, 0.717) is 6.04 Å². The van der Waals surface area contributed by atoms with Gasteiger partial charge < -0.3 is 15.3 Å². The van der Waals surface area contributed by atoms with Crippen LogP contribution in [0.5, 0.6) is 0 Å². The minimum absolute atomic E-state index is 0.0888. The molecule has 2 fully saturated rings. The van der Waals surface area contributed by atoms with Gasteiger partial charge in [0.05, 0.1) is 6.10 Å². The van der Waals surface area contributed by atoms with E-state index in [4.69, 9.17) is 0 Å². The van der Waals surface area contributed by atoms with Crippen molar-refractivity contribution in [1.29, 1.82) is 0 Å².